The molecule has 4 N–H and O–H groups in total. The van der Waals surface area contributed by atoms with Gasteiger partial charge in [-0.25, -0.2) is 9.07 Å². The molecule has 1 unspecified atom stereocenters. The zero-order valence-electron chi connectivity index (χ0n) is 17.4. The molecule has 0 aliphatic carbocycles. The molecule has 9 heteroatoms. The van der Waals surface area contributed by atoms with Crippen LogP contribution in [0.5, 0.6) is 0 Å². The normalized spacial score (nSPS) is 11.7. The van der Waals surface area contributed by atoms with E-state index < -0.39 is 23.7 Å². The van der Waals surface area contributed by atoms with Crippen LogP contribution in [0.1, 0.15) is 28.5 Å². The zero-order chi connectivity index (χ0) is 23.4. The van der Waals surface area contributed by atoms with Gasteiger partial charge in [0, 0.05) is 17.8 Å². The number of amides is 1. The van der Waals surface area contributed by atoms with E-state index in [2.05, 4.69) is 15.4 Å². The SMILES string of the molecule is Nc1cc(C(=O)NC(CC(=O)O)c2ccc(-c3ccccn3)cc2)nn1-c1ccccc1F. The molecule has 0 bridgehead atoms. The van der Waals surface area contributed by atoms with E-state index in [1.54, 1.807) is 24.4 Å². The van der Waals surface area contributed by atoms with Crippen molar-refractivity contribution < 1.29 is 19.1 Å². The number of nitrogens with zero attached hydrogens (tertiary/aromatic N) is 3. The third kappa shape index (κ3) is 4.87. The van der Waals surface area contributed by atoms with Gasteiger partial charge >= 0.3 is 5.97 Å². The number of pyridine rings is 1. The predicted octanol–water partition coefficient (Wildman–Crippen LogP) is 3.60. The summed E-state index contributed by atoms with van der Waals surface area (Å²) in [4.78, 5) is 28.6. The van der Waals surface area contributed by atoms with Crippen molar-refractivity contribution in [3.63, 3.8) is 0 Å². The number of hydrogen-bond donors (Lipinski definition) is 3. The minimum Gasteiger partial charge on any atom is -0.481 e. The highest BCUT2D eigenvalue weighted by molar-refractivity contribution is 5.93. The Morgan fingerprint density at radius 3 is 2.45 bits per heavy atom. The molecule has 1 atom stereocenters. The van der Waals surface area contributed by atoms with E-state index in [1.807, 2.05) is 30.3 Å². The fraction of sp³-hybridized carbons (Fsp3) is 0.0833. The number of nitrogen functional groups attached to an aromatic ring is 1. The van der Waals surface area contributed by atoms with E-state index in [-0.39, 0.29) is 23.6 Å². The number of aromatic nitrogens is 3. The predicted molar refractivity (Wildman–Crippen MR) is 120 cm³/mol. The summed E-state index contributed by atoms with van der Waals surface area (Å²) in [5.41, 5.74) is 8.20. The molecule has 0 aliphatic rings. The molecule has 0 fully saturated rings. The Morgan fingerprint density at radius 1 is 1.06 bits per heavy atom. The number of carboxylic acid groups (broad SMARTS) is 1. The maximum absolute atomic E-state index is 14.1. The van der Waals surface area contributed by atoms with Crippen LogP contribution in [0, 0.1) is 5.82 Å². The summed E-state index contributed by atoms with van der Waals surface area (Å²) in [6.07, 6.45) is 1.35. The molecule has 33 heavy (non-hydrogen) atoms. The molecule has 0 saturated heterocycles. The first-order valence-corrected chi connectivity index (χ1v) is 10.1. The molecule has 0 spiro atoms. The largest absolute Gasteiger partial charge is 0.481 e. The molecular formula is C24H20FN5O3. The maximum atomic E-state index is 14.1. The summed E-state index contributed by atoms with van der Waals surface area (Å²) in [5, 5.41) is 16.1. The fourth-order valence-corrected chi connectivity index (χ4v) is 3.40. The summed E-state index contributed by atoms with van der Waals surface area (Å²) < 4.78 is 15.2. The van der Waals surface area contributed by atoms with Crippen molar-refractivity contribution in [3.05, 3.63) is 96.1 Å². The van der Waals surface area contributed by atoms with Crippen LogP contribution in [0.3, 0.4) is 0 Å². The molecule has 0 radical (unpaired) electrons. The van der Waals surface area contributed by atoms with Crippen molar-refractivity contribution in [2.75, 3.05) is 5.73 Å². The second kappa shape index (κ2) is 9.31. The van der Waals surface area contributed by atoms with Crippen molar-refractivity contribution >= 4 is 17.7 Å². The minimum absolute atomic E-state index is 0.0590. The van der Waals surface area contributed by atoms with Crippen LogP contribution in [0.25, 0.3) is 16.9 Å². The zero-order valence-corrected chi connectivity index (χ0v) is 17.4. The van der Waals surface area contributed by atoms with Crippen molar-refractivity contribution in [2.45, 2.75) is 12.5 Å². The molecule has 4 aromatic rings. The topological polar surface area (TPSA) is 123 Å². The third-order valence-electron chi connectivity index (χ3n) is 5.01. The quantitative estimate of drug-likeness (QED) is 0.399. The lowest BCUT2D eigenvalue weighted by Gasteiger charge is -2.17. The number of nitrogens with two attached hydrogens (primary N) is 1. The first kappa shape index (κ1) is 21.7. The van der Waals surface area contributed by atoms with E-state index in [0.29, 0.717) is 5.56 Å². The van der Waals surface area contributed by atoms with Crippen molar-refractivity contribution in [2.24, 2.45) is 0 Å². The highest BCUT2D eigenvalue weighted by Gasteiger charge is 2.22. The van der Waals surface area contributed by atoms with Crippen LogP contribution in [0.2, 0.25) is 0 Å². The van der Waals surface area contributed by atoms with E-state index in [0.717, 1.165) is 15.9 Å². The van der Waals surface area contributed by atoms with Gasteiger partial charge < -0.3 is 16.2 Å². The van der Waals surface area contributed by atoms with E-state index in [9.17, 15) is 19.1 Å². The van der Waals surface area contributed by atoms with Gasteiger partial charge in [0.1, 0.15) is 17.3 Å². The van der Waals surface area contributed by atoms with Crippen molar-refractivity contribution in [1.29, 1.82) is 0 Å². The Balaban J connectivity index is 1.57. The van der Waals surface area contributed by atoms with Crippen LogP contribution in [-0.2, 0) is 4.79 Å². The first-order chi connectivity index (χ1) is 15.9. The lowest BCUT2D eigenvalue weighted by molar-refractivity contribution is -0.137. The van der Waals surface area contributed by atoms with E-state index in [4.69, 9.17) is 5.73 Å². The van der Waals surface area contributed by atoms with Gasteiger partial charge in [0.15, 0.2) is 5.69 Å². The highest BCUT2D eigenvalue weighted by atomic mass is 19.1. The number of hydrogen-bond acceptors (Lipinski definition) is 5. The Bertz CT molecular complexity index is 1290. The number of halogens is 1. The molecule has 0 aliphatic heterocycles. The van der Waals surface area contributed by atoms with Gasteiger partial charge in [0.2, 0.25) is 0 Å². The lowest BCUT2D eigenvalue weighted by Crippen LogP contribution is -2.30. The Hall–Kier alpha value is -4.53. The highest BCUT2D eigenvalue weighted by Crippen LogP contribution is 2.23. The summed E-state index contributed by atoms with van der Waals surface area (Å²) in [7, 11) is 0. The summed E-state index contributed by atoms with van der Waals surface area (Å²) in [6.45, 7) is 0. The molecule has 1 amide bonds. The third-order valence-corrected chi connectivity index (χ3v) is 5.01. The number of carbonyl (C=O) groups excluding carboxylic acids is 1. The van der Waals surface area contributed by atoms with Crippen LogP contribution in [0.15, 0.2) is 79.0 Å². The molecule has 4 rings (SSSR count). The molecule has 2 aromatic carbocycles. The fourth-order valence-electron chi connectivity index (χ4n) is 3.40. The van der Waals surface area contributed by atoms with Gasteiger partial charge in [-0.1, -0.05) is 42.5 Å². The molecular weight excluding hydrogens is 425 g/mol. The van der Waals surface area contributed by atoms with E-state index >= 15 is 0 Å². The number of para-hydroxylation sites is 1. The number of rotatable bonds is 7. The Labute approximate surface area is 188 Å². The minimum atomic E-state index is -1.08. The lowest BCUT2D eigenvalue weighted by atomic mass is 10.0. The van der Waals surface area contributed by atoms with Crippen LogP contribution < -0.4 is 11.1 Å². The van der Waals surface area contributed by atoms with Crippen molar-refractivity contribution in [3.8, 4) is 16.9 Å². The van der Waals surface area contributed by atoms with Crippen molar-refractivity contribution in [1.82, 2.24) is 20.1 Å². The number of anilines is 1. The number of nitrogens with one attached hydrogen (secondary N) is 1. The number of benzene rings is 2. The summed E-state index contributed by atoms with van der Waals surface area (Å²) in [6, 6.07) is 19.0. The monoisotopic (exact) mass is 445 g/mol. The van der Waals surface area contributed by atoms with Gasteiger partial charge in [-0.05, 0) is 29.8 Å². The van der Waals surface area contributed by atoms with Crippen LogP contribution in [0.4, 0.5) is 10.2 Å². The second-order valence-electron chi connectivity index (χ2n) is 7.28. The summed E-state index contributed by atoms with van der Waals surface area (Å²) >= 11 is 0. The van der Waals surface area contributed by atoms with Gasteiger partial charge in [0.05, 0.1) is 18.2 Å². The first-order valence-electron chi connectivity index (χ1n) is 10.1. The molecule has 0 saturated carbocycles. The van der Waals surface area contributed by atoms with E-state index in [1.165, 1.54) is 24.3 Å². The number of carboxylic acids is 1. The number of carbonyl (C=O) groups is 2. The Morgan fingerprint density at radius 2 is 1.79 bits per heavy atom. The van der Waals surface area contributed by atoms with Crippen LogP contribution >= 0.6 is 0 Å². The molecule has 2 heterocycles. The standard InChI is InChI=1S/C24H20FN5O3/c25-17-5-1-2-7-21(17)30-22(26)13-20(29-30)24(33)28-19(14-23(31)32)16-10-8-15(9-11-16)18-6-3-4-12-27-18/h1-13,19H,14,26H2,(H,28,33)(H,31,32). The maximum Gasteiger partial charge on any atom is 0.305 e. The molecule has 166 valence electrons. The van der Waals surface area contributed by atoms with Gasteiger partial charge in [0.25, 0.3) is 5.91 Å². The van der Waals surface area contributed by atoms with Crippen LogP contribution in [-0.4, -0.2) is 31.7 Å². The number of aliphatic carboxylic acids is 1. The molecule has 2 aromatic heterocycles. The summed E-state index contributed by atoms with van der Waals surface area (Å²) in [5.74, 6) is -2.18. The molecule has 8 nitrogen and oxygen atoms in total. The average Bonchev–Trinajstić information content (AvgIpc) is 3.21. The second-order valence-corrected chi connectivity index (χ2v) is 7.28. The smallest absolute Gasteiger partial charge is 0.305 e. The Kier molecular flexibility index (Phi) is 6.12. The van der Waals surface area contributed by atoms with Gasteiger partial charge in [-0.15, -0.1) is 0 Å². The van der Waals surface area contributed by atoms with Gasteiger partial charge in [-0.2, -0.15) is 5.10 Å². The van der Waals surface area contributed by atoms with Gasteiger partial charge in [-0.3, -0.25) is 14.6 Å². The average molecular weight is 445 g/mol.